The van der Waals surface area contributed by atoms with E-state index in [1.54, 1.807) is 4.90 Å². The van der Waals surface area contributed by atoms with E-state index in [-0.39, 0.29) is 23.9 Å². The van der Waals surface area contributed by atoms with E-state index in [1.807, 2.05) is 33.8 Å². The zero-order chi connectivity index (χ0) is 25.9. The molecule has 1 N–H and O–H groups in total. The number of nitrogens with zero attached hydrogens (tertiary/aromatic N) is 2. The Hall–Kier alpha value is -2.51. The average Bonchev–Trinajstić information content (AvgIpc) is 3.20. The van der Waals surface area contributed by atoms with Gasteiger partial charge in [0.05, 0.1) is 17.1 Å². The van der Waals surface area contributed by atoms with Gasteiger partial charge in [0.15, 0.2) is 11.5 Å². The van der Waals surface area contributed by atoms with Crippen molar-refractivity contribution in [2.75, 3.05) is 20.6 Å². The molecule has 5 rings (SSSR count). The largest absolute Gasteiger partial charge is 0.448 e. The summed E-state index contributed by atoms with van der Waals surface area (Å²) in [6.45, 7) is 8.44. The van der Waals surface area contributed by atoms with E-state index in [0.717, 1.165) is 48.1 Å². The third kappa shape index (κ3) is 4.10. The number of amides is 1. The molecule has 2 aliphatic heterocycles. The average molecular weight is 514 g/mol. The van der Waals surface area contributed by atoms with Crippen molar-refractivity contribution in [3.05, 3.63) is 55.0 Å². The van der Waals surface area contributed by atoms with Gasteiger partial charge < -0.3 is 24.3 Å². The first-order chi connectivity index (χ1) is 17.0. The molecule has 3 heterocycles. The first kappa shape index (κ1) is 25.2. The van der Waals surface area contributed by atoms with Crippen molar-refractivity contribution in [3.63, 3.8) is 0 Å². The molecule has 1 aromatic heterocycles. The van der Waals surface area contributed by atoms with Gasteiger partial charge in [0, 0.05) is 42.2 Å². The number of aromatic nitrogens is 1. The Morgan fingerprint density at radius 2 is 1.78 bits per heavy atom. The van der Waals surface area contributed by atoms with Crippen molar-refractivity contribution in [2.45, 2.75) is 78.2 Å². The molecule has 1 fully saturated rings. The fraction of sp³-hybridized carbons (Fsp3) is 0.571. The molecule has 0 bridgehead atoms. The number of benzene rings is 1. The first-order valence-electron chi connectivity index (χ1n) is 12.9. The van der Waals surface area contributed by atoms with Crippen LogP contribution >= 0.6 is 11.6 Å². The molecule has 1 saturated carbocycles. The van der Waals surface area contributed by atoms with Crippen LogP contribution in [0.4, 0.5) is 0 Å². The summed E-state index contributed by atoms with van der Waals surface area (Å²) in [6, 6.07) is 2.52. The van der Waals surface area contributed by atoms with Crippen LogP contribution in [-0.2, 0) is 13.0 Å². The van der Waals surface area contributed by atoms with Crippen LogP contribution in [0.25, 0.3) is 0 Å². The number of pyridine rings is 1. The highest BCUT2D eigenvalue weighted by molar-refractivity contribution is 6.34. The van der Waals surface area contributed by atoms with Crippen LogP contribution in [0.15, 0.2) is 10.9 Å². The lowest BCUT2D eigenvalue weighted by molar-refractivity contribution is -0.123. The van der Waals surface area contributed by atoms with Crippen molar-refractivity contribution in [2.24, 2.45) is 5.92 Å². The molecule has 3 aliphatic rings. The van der Waals surface area contributed by atoms with Gasteiger partial charge in [-0.2, -0.15) is 0 Å². The van der Waals surface area contributed by atoms with Crippen LogP contribution in [0.2, 0.25) is 5.02 Å². The SMILES string of the molecule is Cc1cc(C)c(CN2CCc3c(Cl)c4c(c(C)c3C2=O)OC(C)([C@H]2CC[C@@H](N(C)C)CC2)O4)c(=O)[nH]1. The van der Waals surface area contributed by atoms with E-state index in [2.05, 4.69) is 24.0 Å². The van der Waals surface area contributed by atoms with Gasteiger partial charge in [0.25, 0.3) is 17.3 Å². The van der Waals surface area contributed by atoms with Crippen molar-refractivity contribution >= 4 is 17.5 Å². The van der Waals surface area contributed by atoms with Crippen molar-refractivity contribution in [3.8, 4) is 11.5 Å². The third-order valence-electron chi connectivity index (χ3n) is 8.44. The fourth-order valence-corrected chi connectivity index (χ4v) is 6.54. The fourth-order valence-electron chi connectivity index (χ4n) is 6.23. The number of fused-ring (bicyclic) bond motifs is 2. The van der Waals surface area contributed by atoms with E-state index in [9.17, 15) is 9.59 Å². The highest BCUT2D eigenvalue weighted by Crippen LogP contribution is 2.53. The molecule has 1 amide bonds. The number of aromatic amines is 1. The lowest BCUT2D eigenvalue weighted by Crippen LogP contribution is -2.46. The molecule has 1 atom stereocenters. The Balaban J connectivity index is 1.43. The highest BCUT2D eigenvalue weighted by Gasteiger charge is 2.48. The number of hydrogen-bond acceptors (Lipinski definition) is 5. The van der Waals surface area contributed by atoms with Crippen LogP contribution < -0.4 is 15.0 Å². The standard InChI is InChI=1S/C28H36ClN3O4/c1-15-13-16(2)30-26(33)21(15)14-32-12-11-20-22(27(32)34)17(3)24-25(23(20)29)36-28(4,35-24)18-7-9-19(10-8-18)31(5)6/h13,18-19H,7-12,14H2,1-6H3,(H,30,33)/t18-,19+,28?. The molecule has 8 heteroatoms. The van der Waals surface area contributed by atoms with Gasteiger partial charge in [-0.25, -0.2) is 0 Å². The number of H-pyrrole nitrogens is 1. The van der Waals surface area contributed by atoms with E-state index in [4.69, 9.17) is 21.1 Å². The quantitative estimate of drug-likeness (QED) is 0.638. The predicted molar refractivity (Wildman–Crippen MR) is 140 cm³/mol. The van der Waals surface area contributed by atoms with E-state index < -0.39 is 5.79 Å². The number of rotatable bonds is 4. The maximum absolute atomic E-state index is 13.7. The molecule has 1 aromatic carbocycles. The minimum Gasteiger partial charge on any atom is -0.448 e. The van der Waals surface area contributed by atoms with Crippen molar-refractivity contribution < 1.29 is 14.3 Å². The van der Waals surface area contributed by atoms with Crippen LogP contribution in [0, 0.1) is 26.7 Å². The monoisotopic (exact) mass is 513 g/mol. The second kappa shape index (κ2) is 9.10. The molecular formula is C28H36ClN3O4. The molecule has 194 valence electrons. The Labute approximate surface area is 217 Å². The summed E-state index contributed by atoms with van der Waals surface area (Å²) >= 11 is 6.88. The molecular weight excluding hydrogens is 478 g/mol. The van der Waals surface area contributed by atoms with Crippen LogP contribution in [0.3, 0.4) is 0 Å². The highest BCUT2D eigenvalue weighted by atomic mass is 35.5. The lowest BCUT2D eigenvalue weighted by atomic mass is 9.81. The Kier molecular flexibility index (Phi) is 6.36. The maximum atomic E-state index is 13.7. The summed E-state index contributed by atoms with van der Waals surface area (Å²) in [5, 5.41) is 0.480. The van der Waals surface area contributed by atoms with E-state index in [0.29, 0.717) is 46.7 Å². The van der Waals surface area contributed by atoms with Gasteiger partial charge in [-0.05, 0) is 84.2 Å². The number of carbonyl (C=O) groups is 1. The van der Waals surface area contributed by atoms with Gasteiger partial charge in [0.1, 0.15) is 0 Å². The Morgan fingerprint density at radius 1 is 1.11 bits per heavy atom. The molecule has 0 saturated heterocycles. The van der Waals surface area contributed by atoms with Crippen LogP contribution in [0.5, 0.6) is 11.5 Å². The van der Waals surface area contributed by atoms with Crippen LogP contribution in [0.1, 0.15) is 70.9 Å². The molecule has 0 spiro atoms. The smallest absolute Gasteiger partial charge is 0.254 e. The van der Waals surface area contributed by atoms with E-state index >= 15 is 0 Å². The zero-order valence-electron chi connectivity index (χ0n) is 22.1. The van der Waals surface area contributed by atoms with Crippen molar-refractivity contribution in [1.82, 2.24) is 14.8 Å². The molecule has 1 unspecified atom stereocenters. The van der Waals surface area contributed by atoms with Gasteiger partial charge in [-0.15, -0.1) is 0 Å². The number of carbonyl (C=O) groups excluding carboxylic acids is 1. The topological polar surface area (TPSA) is 74.9 Å². The number of ether oxygens (including phenoxy) is 2. The molecule has 0 radical (unpaired) electrons. The molecule has 1 aliphatic carbocycles. The first-order valence-corrected chi connectivity index (χ1v) is 13.3. The lowest BCUT2D eigenvalue weighted by Gasteiger charge is -2.39. The van der Waals surface area contributed by atoms with Gasteiger partial charge in [-0.1, -0.05) is 11.6 Å². The zero-order valence-corrected chi connectivity index (χ0v) is 22.8. The number of nitrogens with one attached hydrogen (secondary N) is 1. The summed E-state index contributed by atoms with van der Waals surface area (Å²) in [5.74, 6) is 0.471. The van der Waals surface area contributed by atoms with Gasteiger partial charge in [-0.3, -0.25) is 9.59 Å². The van der Waals surface area contributed by atoms with Gasteiger partial charge >= 0.3 is 0 Å². The normalized spacial score (nSPS) is 25.4. The van der Waals surface area contributed by atoms with E-state index in [1.165, 1.54) is 0 Å². The second-order valence-electron chi connectivity index (χ2n) is 11.1. The number of aryl methyl sites for hydroxylation is 2. The Bertz CT molecular complexity index is 1280. The van der Waals surface area contributed by atoms with Crippen molar-refractivity contribution in [1.29, 1.82) is 0 Å². The molecule has 7 nitrogen and oxygen atoms in total. The maximum Gasteiger partial charge on any atom is 0.254 e. The predicted octanol–water partition coefficient (Wildman–Crippen LogP) is 4.76. The van der Waals surface area contributed by atoms with Gasteiger partial charge in [0.2, 0.25) is 0 Å². The molecule has 2 aromatic rings. The summed E-state index contributed by atoms with van der Waals surface area (Å²) in [6.07, 6.45) is 4.84. The third-order valence-corrected chi connectivity index (χ3v) is 8.84. The Morgan fingerprint density at radius 3 is 2.42 bits per heavy atom. The minimum atomic E-state index is -0.799. The number of hydrogen-bond donors (Lipinski definition) is 1. The number of halogens is 1. The summed E-state index contributed by atoms with van der Waals surface area (Å²) in [4.78, 5) is 33.2. The summed E-state index contributed by atoms with van der Waals surface area (Å²) in [7, 11) is 4.27. The van der Waals surface area contributed by atoms with Crippen LogP contribution in [-0.4, -0.2) is 53.2 Å². The second-order valence-corrected chi connectivity index (χ2v) is 11.4. The summed E-state index contributed by atoms with van der Waals surface area (Å²) in [5.41, 5.74) is 4.32. The minimum absolute atomic E-state index is 0.124. The summed E-state index contributed by atoms with van der Waals surface area (Å²) < 4.78 is 13.0. The molecule has 36 heavy (non-hydrogen) atoms.